The van der Waals surface area contributed by atoms with Crippen LogP contribution in [-0.4, -0.2) is 29.1 Å². The Balaban J connectivity index is 1.97. The van der Waals surface area contributed by atoms with Crippen LogP contribution in [0.2, 0.25) is 0 Å². The maximum Gasteiger partial charge on any atom is 0.248 e. The smallest absolute Gasteiger partial charge is 0.248 e. The molecular formula is C15H15N3OS. The molecule has 0 N–H and O–H groups in total. The topological polar surface area (TPSA) is 42.2 Å². The number of nitrogens with zero attached hydrogens (tertiary/aromatic N) is 3. The maximum absolute atomic E-state index is 5.47. The van der Waals surface area contributed by atoms with Gasteiger partial charge in [0.1, 0.15) is 6.04 Å². The Bertz CT molecular complexity index is 662. The number of thiophene rings is 1. The van der Waals surface area contributed by atoms with E-state index in [2.05, 4.69) is 27.2 Å². The number of aromatic nitrogens is 2. The van der Waals surface area contributed by atoms with Crippen molar-refractivity contribution in [1.29, 1.82) is 0 Å². The molecule has 5 heteroatoms. The lowest BCUT2D eigenvalue weighted by molar-refractivity contribution is 0.261. The van der Waals surface area contributed by atoms with E-state index >= 15 is 0 Å². The van der Waals surface area contributed by atoms with Gasteiger partial charge in [0, 0.05) is 10.9 Å². The Morgan fingerprint density at radius 1 is 1.15 bits per heavy atom. The van der Waals surface area contributed by atoms with Crippen molar-refractivity contribution < 1.29 is 4.52 Å². The number of rotatable bonds is 4. The first-order chi connectivity index (χ1) is 9.75. The van der Waals surface area contributed by atoms with Crippen LogP contribution in [-0.2, 0) is 0 Å². The number of hydrogen-bond acceptors (Lipinski definition) is 5. The molecule has 102 valence electrons. The van der Waals surface area contributed by atoms with Crippen molar-refractivity contribution in [2.45, 2.75) is 6.04 Å². The SMILES string of the molecule is CN(C)[C@H](c1ccccc1)c1nc(-c2ccsc2)no1. The minimum atomic E-state index is -0.0314. The standard InChI is InChI=1S/C15H15N3OS/c1-18(2)13(11-6-4-3-5-7-11)15-16-14(17-19-15)12-8-9-20-10-12/h3-10,13H,1-2H3/t13-/m1/s1. The van der Waals surface area contributed by atoms with Crippen molar-refractivity contribution in [2.24, 2.45) is 0 Å². The summed E-state index contributed by atoms with van der Waals surface area (Å²) in [6.07, 6.45) is 0. The van der Waals surface area contributed by atoms with Crippen LogP contribution in [0, 0.1) is 0 Å². The van der Waals surface area contributed by atoms with Gasteiger partial charge < -0.3 is 4.52 Å². The molecule has 3 aromatic rings. The van der Waals surface area contributed by atoms with Gasteiger partial charge in [0.25, 0.3) is 0 Å². The molecule has 0 fully saturated rings. The molecule has 2 heterocycles. The van der Waals surface area contributed by atoms with E-state index in [1.54, 1.807) is 11.3 Å². The predicted molar refractivity (Wildman–Crippen MR) is 79.6 cm³/mol. The van der Waals surface area contributed by atoms with Gasteiger partial charge in [-0.15, -0.1) is 0 Å². The average molecular weight is 285 g/mol. The molecule has 0 aliphatic carbocycles. The van der Waals surface area contributed by atoms with Crippen LogP contribution in [0.25, 0.3) is 11.4 Å². The Kier molecular flexibility index (Phi) is 3.62. The molecule has 0 radical (unpaired) electrons. The van der Waals surface area contributed by atoms with Crippen LogP contribution in [0.1, 0.15) is 17.5 Å². The first-order valence-electron chi connectivity index (χ1n) is 6.33. The molecule has 3 rings (SSSR count). The molecule has 4 nitrogen and oxygen atoms in total. The molecule has 0 amide bonds. The van der Waals surface area contributed by atoms with Crippen molar-refractivity contribution in [1.82, 2.24) is 15.0 Å². The molecule has 0 aliphatic rings. The molecule has 0 saturated heterocycles. The summed E-state index contributed by atoms with van der Waals surface area (Å²) in [7, 11) is 4.01. The minimum Gasteiger partial charge on any atom is -0.337 e. The van der Waals surface area contributed by atoms with Gasteiger partial charge in [0.2, 0.25) is 11.7 Å². The van der Waals surface area contributed by atoms with Crippen LogP contribution >= 0.6 is 11.3 Å². The van der Waals surface area contributed by atoms with Crippen LogP contribution < -0.4 is 0 Å². The van der Waals surface area contributed by atoms with E-state index in [0.717, 1.165) is 11.1 Å². The highest BCUT2D eigenvalue weighted by Crippen LogP contribution is 2.27. The zero-order valence-corrected chi connectivity index (χ0v) is 12.2. The summed E-state index contributed by atoms with van der Waals surface area (Å²) in [6, 6.07) is 12.1. The Morgan fingerprint density at radius 3 is 2.60 bits per heavy atom. The van der Waals surface area contributed by atoms with Gasteiger partial charge in [-0.05, 0) is 31.1 Å². The minimum absolute atomic E-state index is 0.0314. The van der Waals surface area contributed by atoms with Gasteiger partial charge in [-0.25, -0.2) is 0 Å². The highest BCUT2D eigenvalue weighted by Gasteiger charge is 2.23. The largest absolute Gasteiger partial charge is 0.337 e. The van der Waals surface area contributed by atoms with Crippen LogP contribution in [0.3, 0.4) is 0 Å². The lowest BCUT2D eigenvalue weighted by atomic mass is 10.1. The summed E-state index contributed by atoms with van der Waals surface area (Å²) in [5, 5.41) is 8.10. The fraction of sp³-hybridized carbons (Fsp3) is 0.200. The second-order valence-electron chi connectivity index (χ2n) is 4.75. The van der Waals surface area contributed by atoms with Crippen molar-refractivity contribution in [2.75, 3.05) is 14.1 Å². The first-order valence-corrected chi connectivity index (χ1v) is 7.27. The van der Waals surface area contributed by atoms with Crippen LogP contribution in [0.5, 0.6) is 0 Å². The zero-order chi connectivity index (χ0) is 13.9. The normalized spacial score (nSPS) is 12.8. The molecule has 0 saturated carbocycles. The first kappa shape index (κ1) is 13.0. The van der Waals surface area contributed by atoms with Crippen LogP contribution in [0.4, 0.5) is 0 Å². The molecule has 20 heavy (non-hydrogen) atoms. The molecule has 1 atom stereocenters. The fourth-order valence-corrected chi connectivity index (χ4v) is 2.79. The number of benzene rings is 1. The Morgan fingerprint density at radius 2 is 1.95 bits per heavy atom. The van der Waals surface area contributed by atoms with Gasteiger partial charge in [-0.2, -0.15) is 16.3 Å². The van der Waals surface area contributed by atoms with E-state index in [-0.39, 0.29) is 6.04 Å². The summed E-state index contributed by atoms with van der Waals surface area (Å²) in [4.78, 5) is 6.61. The Hall–Kier alpha value is -1.98. The van der Waals surface area contributed by atoms with Crippen molar-refractivity contribution in [3.8, 4) is 11.4 Å². The summed E-state index contributed by atoms with van der Waals surface area (Å²) in [6.45, 7) is 0. The molecule has 0 aliphatic heterocycles. The second-order valence-corrected chi connectivity index (χ2v) is 5.53. The molecule has 0 spiro atoms. The van der Waals surface area contributed by atoms with Gasteiger partial charge in [0.15, 0.2) is 0 Å². The monoisotopic (exact) mass is 285 g/mol. The maximum atomic E-state index is 5.47. The average Bonchev–Trinajstić information content (AvgIpc) is 3.10. The third kappa shape index (κ3) is 2.50. The fourth-order valence-electron chi connectivity index (χ4n) is 2.15. The Labute approximate surface area is 121 Å². The van der Waals surface area contributed by atoms with Crippen LogP contribution in [0.15, 0.2) is 51.7 Å². The quantitative estimate of drug-likeness (QED) is 0.736. The van der Waals surface area contributed by atoms with Crippen molar-refractivity contribution in [3.05, 3.63) is 58.6 Å². The second kappa shape index (κ2) is 5.56. The van der Waals surface area contributed by atoms with Gasteiger partial charge >= 0.3 is 0 Å². The molecular weight excluding hydrogens is 270 g/mol. The molecule has 0 unspecified atom stereocenters. The molecule has 2 aromatic heterocycles. The van der Waals surface area contributed by atoms with Gasteiger partial charge in [0.05, 0.1) is 0 Å². The van der Waals surface area contributed by atoms with Crippen molar-refractivity contribution >= 4 is 11.3 Å². The lowest BCUT2D eigenvalue weighted by Crippen LogP contribution is -2.21. The van der Waals surface area contributed by atoms with E-state index in [9.17, 15) is 0 Å². The highest BCUT2D eigenvalue weighted by molar-refractivity contribution is 7.08. The summed E-state index contributed by atoms with van der Waals surface area (Å²) >= 11 is 1.62. The molecule has 0 bridgehead atoms. The summed E-state index contributed by atoms with van der Waals surface area (Å²) in [5.74, 6) is 1.26. The number of hydrogen-bond donors (Lipinski definition) is 0. The summed E-state index contributed by atoms with van der Waals surface area (Å²) < 4.78 is 5.47. The van der Waals surface area contributed by atoms with E-state index in [4.69, 9.17) is 4.52 Å². The van der Waals surface area contributed by atoms with E-state index in [1.165, 1.54) is 0 Å². The lowest BCUT2D eigenvalue weighted by Gasteiger charge is -2.20. The third-order valence-corrected chi connectivity index (χ3v) is 3.77. The predicted octanol–water partition coefficient (Wildman–Crippen LogP) is 3.45. The van der Waals surface area contributed by atoms with E-state index in [1.807, 2.05) is 49.1 Å². The third-order valence-electron chi connectivity index (χ3n) is 3.09. The van der Waals surface area contributed by atoms with E-state index in [0.29, 0.717) is 11.7 Å². The van der Waals surface area contributed by atoms with Crippen molar-refractivity contribution in [3.63, 3.8) is 0 Å². The highest BCUT2D eigenvalue weighted by atomic mass is 32.1. The van der Waals surface area contributed by atoms with E-state index < -0.39 is 0 Å². The summed E-state index contributed by atoms with van der Waals surface area (Å²) in [5.41, 5.74) is 2.13. The zero-order valence-electron chi connectivity index (χ0n) is 11.4. The van der Waals surface area contributed by atoms with Gasteiger partial charge in [-0.1, -0.05) is 35.5 Å². The molecule has 1 aromatic carbocycles. The van der Waals surface area contributed by atoms with Gasteiger partial charge in [-0.3, -0.25) is 4.90 Å².